The average molecular weight is 517 g/mol. The van der Waals surface area contributed by atoms with Crippen molar-refractivity contribution in [1.82, 2.24) is 4.98 Å². The minimum atomic E-state index is -4.65. The Labute approximate surface area is 203 Å². The van der Waals surface area contributed by atoms with Gasteiger partial charge in [0.1, 0.15) is 17.6 Å². The second-order valence-corrected chi connectivity index (χ2v) is 9.53. The lowest BCUT2D eigenvalue weighted by molar-refractivity contribution is -0.141. The van der Waals surface area contributed by atoms with Crippen LogP contribution in [0, 0.1) is 12.7 Å². The summed E-state index contributed by atoms with van der Waals surface area (Å²) in [4.78, 5) is 15.9. The molecule has 3 rings (SSSR count). The van der Waals surface area contributed by atoms with E-state index in [0.717, 1.165) is 25.0 Å². The van der Waals surface area contributed by atoms with Crippen LogP contribution in [0.2, 0.25) is 0 Å². The van der Waals surface area contributed by atoms with Gasteiger partial charge in [0.25, 0.3) is 0 Å². The molecule has 0 spiro atoms. The van der Waals surface area contributed by atoms with Crippen LogP contribution in [0.25, 0.3) is 0 Å². The zero-order chi connectivity index (χ0) is 25.9. The number of rotatable bonds is 9. The Morgan fingerprint density at radius 2 is 1.97 bits per heavy atom. The number of hydrogen-bond donors (Lipinski definition) is 1. The van der Waals surface area contributed by atoms with Crippen molar-refractivity contribution in [3.63, 3.8) is 0 Å². The van der Waals surface area contributed by atoms with Crippen molar-refractivity contribution in [2.45, 2.75) is 63.6 Å². The van der Waals surface area contributed by atoms with Crippen molar-refractivity contribution in [1.29, 1.82) is 0 Å². The monoisotopic (exact) mass is 516 g/mol. The Morgan fingerprint density at radius 1 is 1.31 bits per heavy atom. The molecule has 2 atom stereocenters. The fourth-order valence-electron chi connectivity index (χ4n) is 4.22. The molecule has 1 amide bonds. The highest BCUT2D eigenvalue weighted by atomic mass is 32.2. The SMILES string of the molecule is Cc1cc(C(F)(F)F)nc(OC2CCCC2)c1CCC(C(N)=O)c1ccc(N(C)S(=O)[O-])c(F)c1. The number of carbonyl (C=O) groups is 1. The summed E-state index contributed by atoms with van der Waals surface area (Å²) in [7, 11) is 1.17. The van der Waals surface area contributed by atoms with Crippen LogP contribution < -0.4 is 14.8 Å². The maximum Gasteiger partial charge on any atom is 0.433 e. The number of nitrogens with zero attached hydrogens (tertiary/aromatic N) is 2. The number of amides is 1. The van der Waals surface area contributed by atoms with Crippen molar-refractivity contribution in [3.05, 3.63) is 52.5 Å². The maximum atomic E-state index is 14.6. The molecule has 0 bridgehead atoms. The molecule has 1 aliphatic rings. The largest absolute Gasteiger partial charge is 0.755 e. The summed E-state index contributed by atoms with van der Waals surface area (Å²) in [5.74, 6) is -2.71. The molecule has 0 radical (unpaired) electrons. The van der Waals surface area contributed by atoms with E-state index in [4.69, 9.17) is 10.5 Å². The number of benzene rings is 1. The first kappa shape index (κ1) is 26.9. The highest BCUT2D eigenvalue weighted by Gasteiger charge is 2.35. The van der Waals surface area contributed by atoms with Gasteiger partial charge in [-0.2, -0.15) is 13.2 Å². The molecule has 7 nitrogen and oxygen atoms in total. The molecule has 2 N–H and O–H groups in total. The van der Waals surface area contributed by atoms with Crippen LogP contribution in [-0.4, -0.2) is 32.8 Å². The molecular weight excluding hydrogens is 490 g/mol. The predicted molar refractivity (Wildman–Crippen MR) is 121 cm³/mol. The van der Waals surface area contributed by atoms with E-state index in [2.05, 4.69) is 4.98 Å². The minimum Gasteiger partial charge on any atom is -0.755 e. The molecule has 2 aromatic rings. The third-order valence-corrected chi connectivity index (χ3v) is 6.79. The van der Waals surface area contributed by atoms with Crippen LogP contribution in [0.15, 0.2) is 24.3 Å². The Bertz CT molecular complexity index is 1110. The van der Waals surface area contributed by atoms with Gasteiger partial charge in [-0.1, -0.05) is 6.07 Å². The molecule has 1 aromatic heterocycles. The lowest BCUT2D eigenvalue weighted by Gasteiger charge is -2.23. The van der Waals surface area contributed by atoms with Gasteiger partial charge in [-0.25, -0.2) is 9.37 Å². The van der Waals surface area contributed by atoms with Crippen LogP contribution in [-0.2, 0) is 28.7 Å². The van der Waals surface area contributed by atoms with E-state index in [0.29, 0.717) is 28.3 Å². The minimum absolute atomic E-state index is 0.0619. The molecule has 35 heavy (non-hydrogen) atoms. The number of halogens is 4. The lowest BCUT2D eigenvalue weighted by Crippen LogP contribution is -2.24. The van der Waals surface area contributed by atoms with E-state index in [1.54, 1.807) is 0 Å². The molecule has 1 aliphatic carbocycles. The van der Waals surface area contributed by atoms with Crippen molar-refractivity contribution < 1.29 is 35.9 Å². The second kappa shape index (κ2) is 10.9. The Kier molecular flexibility index (Phi) is 8.37. The molecule has 0 aliphatic heterocycles. The first-order valence-electron chi connectivity index (χ1n) is 11.0. The quantitative estimate of drug-likeness (QED) is 0.395. The number of carbonyl (C=O) groups excluding carboxylic acids is 1. The highest BCUT2D eigenvalue weighted by Crippen LogP contribution is 2.36. The smallest absolute Gasteiger partial charge is 0.433 e. The van der Waals surface area contributed by atoms with E-state index >= 15 is 0 Å². The van der Waals surface area contributed by atoms with Gasteiger partial charge in [0.15, 0.2) is 0 Å². The first-order valence-corrected chi connectivity index (χ1v) is 12.1. The van der Waals surface area contributed by atoms with Crippen LogP contribution in [0.1, 0.15) is 60.4 Å². The zero-order valence-electron chi connectivity index (χ0n) is 19.2. The summed E-state index contributed by atoms with van der Waals surface area (Å²) in [6.45, 7) is 1.51. The molecular formula is C23H26F4N3O4S-. The molecule has 12 heteroatoms. The van der Waals surface area contributed by atoms with E-state index in [9.17, 15) is 31.1 Å². The fourth-order valence-corrected chi connectivity index (χ4v) is 4.53. The summed E-state index contributed by atoms with van der Waals surface area (Å²) in [6.07, 6.45) is -1.44. The number of primary amides is 1. The summed E-state index contributed by atoms with van der Waals surface area (Å²) in [5, 5.41) is 0. The standard InChI is InChI=1S/C23H27F4N3O4S/c1-13-11-20(23(25,26)27)29-22(34-15-5-3-4-6-15)16(13)8-9-17(21(28)31)14-7-10-19(18(24)12-14)30(2)35(32)33/h7,10-12,15,17H,3-6,8-9H2,1-2H3,(H2,28,31)(H,32,33)/p-1. The molecule has 1 fully saturated rings. The van der Waals surface area contributed by atoms with Gasteiger partial charge in [-0.15, -0.1) is 0 Å². The maximum absolute atomic E-state index is 14.6. The van der Waals surface area contributed by atoms with Crippen LogP contribution in [0.4, 0.5) is 23.2 Å². The topological polar surface area (TPSA) is 109 Å². The summed E-state index contributed by atoms with van der Waals surface area (Å²) >= 11 is -2.69. The van der Waals surface area contributed by atoms with Crippen LogP contribution in [0.5, 0.6) is 5.88 Å². The molecule has 1 heterocycles. The Morgan fingerprint density at radius 3 is 2.51 bits per heavy atom. The number of pyridine rings is 1. The number of hydrogen-bond acceptors (Lipinski definition) is 5. The Balaban J connectivity index is 1.89. The van der Waals surface area contributed by atoms with Gasteiger partial charge in [0.2, 0.25) is 11.8 Å². The van der Waals surface area contributed by atoms with Crippen molar-refractivity contribution in [3.8, 4) is 5.88 Å². The predicted octanol–water partition coefficient (Wildman–Crippen LogP) is 4.30. The third kappa shape index (κ3) is 6.49. The number of alkyl halides is 3. The second-order valence-electron chi connectivity index (χ2n) is 8.55. The number of aryl methyl sites for hydroxylation is 1. The van der Waals surface area contributed by atoms with Gasteiger partial charge in [-0.05, 0) is 74.8 Å². The van der Waals surface area contributed by atoms with Crippen molar-refractivity contribution in [2.75, 3.05) is 11.4 Å². The summed E-state index contributed by atoms with van der Waals surface area (Å²) in [6, 6.07) is 4.58. The fraction of sp³-hybridized carbons (Fsp3) is 0.478. The molecule has 0 saturated heterocycles. The normalized spacial score (nSPS) is 16.2. The van der Waals surface area contributed by atoms with Crippen LogP contribution in [0.3, 0.4) is 0 Å². The molecule has 192 valence electrons. The lowest BCUT2D eigenvalue weighted by atomic mass is 9.90. The Hall–Kier alpha value is -2.73. The van der Waals surface area contributed by atoms with Crippen molar-refractivity contribution in [2.24, 2.45) is 5.73 Å². The van der Waals surface area contributed by atoms with Gasteiger partial charge in [0.05, 0.1) is 11.6 Å². The average Bonchev–Trinajstić information content (AvgIpc) is 3.27. The van der Waals surface area contributed by atoms with Gasteiger partial charge < -0.3 is 19.3 Å². The first-order chi connectivity index (χ1) is 16.4. The van der Waals surface area contributed by atoms with Gasteiger partial charge >= 0.3 is 6.18 Å². The third-order valence-electron chi connectivity index (χ3n) is 6.14. The van der Waals surface area contributed by atoms with Gasteiger partial charge in [-0.3, -0.25) is 9.00 Å². The zero-order valence-corrected chi connectivity index (χ0v) is 20.0. The van der Waals surface area contributed by atoms with E-state index in [-0.39, 0.29) is 36.1 Å². The number of anilines is 1. The molecule has 2 unspecified atom stereocenters. The van der Waals surface area contributed by atoms with Crippen LogP contribution >= 0.6 is 0 Å². The summed E-state index contributed by atoms with van der Waals surface area (Å²) in [5.41, 5.74) is 5.24. The highest BCUT2D eigenvalue weighted by molar-refractivity contribution is 7.80. The van der Waals surface area contributed by atoms with E-state index < -0.39 is 40.8 Å². The van der Waals surface area contributed by atoms with Gasteiger partial charge in [0, 0.05) is 23.9 Å². The van der Waals surface area contributed by atoms with E-state index in [1.165, 1.54) is 26.1 Å². The molecule has 1 aromatic carbocycles. The van der Waals surface area contributed by atoms with Crippen molar-refractivity contribution >= 4 is 22.9 Å². The number of ether oxygens (including phenoxy) is 1. The van der Waals surface area contributed by atoms with E-state index in [1.807, 2.05) is 0 Å². The summed E-state index contributed by atoms with van der Waals surface area (Å²) < 4.78 is 83.4. The number of nitrogens with two attached hydrogens (primary N) is 1. The number of aromatic nitrogens is 1. The molecule has 1 saturated carbocycles.